The first-order chi connectivity index (χ1) is 8.63. The van der Waals surface area contributed by atoms with E-state index in [1.807, 2.05) is 6.92 Å². The molecule has 0 unspecified atom stereocenters. The quantitative estimate of drug-likeness (QED) is 0.782. The van der Waals surface area contributed by atoms with Crippen LogP contribution in [0, 0.1) is 11.6 Å². The van der Waals surface area contributed by atoms with E-state index in [0.717, 1.165) is 24.6 Å². The normalized spacial score (nSPS) is 10.6. The summed E-state index contributed by atoms with van der Waals surface area (Å²) in [5, 5.41) is 3.98. The van der Waals surface area contributed by atoms with E-state index in [9.17, 15) is 13.6 Å². The van der Waals surface area contributed by atoms with Gasteiger partial charge in [-0.2, -0.15) is 5.10 Å². The van der Waals surface area contributed by atoms with Crippen molar-refractivity contribution in [1.82, 2.24) is 9.78 Å². The molecule has 0 saturated heterocycles. The van der Waals surface area contributed by atoms with Gasteiger partial charge in [-0.1, -0.05) is 6.92 Å². The zero-order chi connectivity index (χ0) is 13.1. The second-order valence-corrected chi connectivity index (χ2v) is 3.89. The van der Waals surface area contributed by atoms with Gasteiger partial charge >= 0.3 is 0 Å². The maximum absolute atomic E-state index is 13.5. The van der Waals surface area contributed by atoms with Gasteiger partial charge in [-0.3, -0.25) is 9.48 Å². The molecule has 1 aromatic heterocycles. The van der Waals surface area contributed by atoms with Crippen LogP contribution in [0.1, 0.15) is 29.4 Å². The highest BCUT2D eigenvalue weighted by atomic mass is 19.1. The van der Waals surface area contributed by atoms with Gasteiger partial charge in [0.1, 0.15) is 17.3 Å². The summed E-state index contributed by atoms with van der Waals surface area (Å²) >= 11 is 0. The Balaban J connectivity index is 2.41. The van der Waals surface area contributed by atoms with Crippen molar-refractivity contribution in [2.24, 2.45) is 0 Å². The average Bonchev–Trinajstić information content (AvgIpc) is 2.80. The monoisotopic (exact) mass is 250 g/mol. The van der Waals surface area contributed by atoms with Crippen molar-refractivity contribution in [3.63, 3.8) is 0 Å². The maximum Gasteiger partial charge on any atom is 0.214 e. The summed E-state index contributed by atoms with van der Waals surface area (Å²) in [5.41, 5.74) is -0.00537. The number of aryl methyl sites for hydroxylation is 1. The SMILES string of the molecule is CCCn1nccc1C(=O)c1cc(F)ccc1F. The fraction of sp³-hybridized carbons (Fsp3) is 0.231. The predicted molar refractivity (Wildman–Crippen MR) is 62.3 cm³/mol. The molecule has 0 radical (unpaired) electrons. The van der Waals surface area contributed by atoms with Crippen LogP contribution in [0.25, 0.3) is 0 Å². The van der Waals surface area contributed by atoms with Gasteiger partial charge in [-0.05, 0) is 30.7 Å². The molecule has 0 aliphatic heterocycles. The van der Waals surface area contributed by atoms with Crippen molar-refractivity contribution in [1.29, 1.82) is 0 Å². The molecule has 18 heavy (non-hydrogen) atoms. The fourth-order valence-corrected chi connectivity index (χ4v) is 1.73. The topological polar surface area (TPSA) is 34.9 Å². The van der Waals surface area contributed by atoms with E-state index in [0.29, 0.717) is 6.54 Å². The minimum atomic E-state index is -0.731. The van der Waals surface area contributed by atoms with Crippen LogP contribution in [0.3, 0.4) is 0 Å². The molecular weight excluding hydrogens is 238 g/mol. The van der Waals surface area contributed by atoms with E-state index in [2.05, 4.69) is 5.10 Å². The van der Waals surface area contributed by atoms with Gasteiger partial charge in [0, 0.05) is 12.7 Å². The van der Waals surface area contributed by atoms with Gasteiger partial charge in [-0.15, -0.1) is 0 Å². The lowest BCUT2D eigenvalue weighted by Gasteiger charge is -2.06. The van der Waals surface area contributed by atoms with Crippen molar-refractivity contribution >= 4 is 5.78 Å². The Labute approximate surface area is 103 Å². The molecule has 0 aliphatic rings. The highest BCUT2D eigenvalue weighted by Gasteiger charge is 2.18. The highest BCUT2D eigenvalue weighted by Crippen LogP contribution is 2.15. The zero-order valence-electron chi connectivity index (χ0n) is 9.86. The Kier molecular flexibility index (Phi) is 3.50. The van der Waals surface area contributed by atoms with Crippen molar-refractivity contribution in [2.45, 2.75) is 19.9 Å². The average molecular weight is 250 g/mol. The molecule has 0 fully saturated rings. The van der Waals surface area contributed by atoms with E-state index in [1.165, 1.54) is 16.9 Å². The largest absolute Gasteiger partial charge is 0.287 e. The standard InChI is InChI=1S/C13H12F2N2O/c1-2-7-17-12(5-6-16-17)13(18)10-8-9(14)3-4-11(10)15/h3-6,8H,2,7H2,1H3. The molecule has 0 amide bonds. The van der Waals surface area contributed by atoms with E-state index in [4.69, 9.17) is 0 Å². The lowest BCUT2D eigenvalue weighted by atomic mass is 10.1. The third-order valence-corrected chi connectivity index (χ3v) is 2.56. The van der Waals surface area contributed by atoms with Crippen molar-refractivity contribution in [2.75, 3.05) is 0 Å². The molecule has 0 aliphatic carbocycles. The Hall–Kier alpha value is -2.04. The van der Waals surface area contributed by atoms with E-state index < -0.39 is 17.4 Å². The minimum Gasteiger partial charge on any atom is -0.287 e. The number of carbonyl (C=O) groups excluding carboxylic acids is 1. The van der Waals surface area contributed by atoms with Crippen molar-refractivity contribution < 1.29 is 13.6 Å². The van der Waals surface area contributed by atoms with Gasteiger partial charge in [-0.25, -0.2) is 8.78 Å². The summed E-state index contributed by atoms with van der Waals surface area (Å²) in [6, 6.07) is 4.34. The first kappa shape index (κ1) is 12.4. The van der Waals surface area contributed by atoms with Crippen LogP contribution in [0.5, 0.6) is 0 Å². The number of carbonyl (C=O) groups is 1. The molecule has 2 aromatic rings. The van der Waals surface area contributed by atoms with Crippen LogP contribution in [-0.4, -0.2) is 15.6 Å². The van der Waals surface area contributed by atoms with Gasteiger partial charge in [0.25, 0.3) is 0 Å². The summed E-state index contributed by atoms with van der Waals surface area (Å²) in [7, 11) is 0. The van der Waals surface area contributed by atoms with Crippen LogP contribution >= 0.6 is 0 Å². The molecule has 1 heterocycles. The Morgan fingerprint density at radius 1 is 1.33 bits per heavy atom. The van der Waals surface area contributed by atoms with Gasteiger partial charge in [0.15, 0.2) is 0 Å². The number of aromatic nitrogens is 2. The lowest BCUT2D eigenvalue weighted by Crippen LogP contribution is -2.13. The van der Waals surface area contributed by atoms with E-state index >= 15 is 0 Å². The summed E-state index contributed by atoms with van der Waals surface area (Å²) in [4.78, 5) is 12.1. The van der Waals surface area contributed by atoms with Crippen LogP contribution in [0.15, 0.2) is 30.5 Å². The molecule has 94 valence electrons. The second-order valence-electron chi connectivity index (χ2n) is 3.89. The summed E-state index contributed by atoms with van der Waals surface area (Å²) in [5.74, 6) is -1.93. The van der Waals surface area contributed by atoms with E-state index in [1.54, 1.807) is 0 Å². The molecule has 3 nitrogen and oxygen atoms in total. The fourth-order valence-electron chi connectivity index (χ4n) is 1.73. The maximum atomic E-state index is 13.5. The van der Waals surface area contributed by atoms with E-state index in [-0.39, 0.29) is 11.3 Å². The summed E-state index contributed by atoms with van der Waals surface area (Å²) < 4.78 is 28.1. The summed E-state index contributed by atoms with van der Waals surface area (Å²) in [6.07, 6.45) is 2.27. The Morgan fingerprint density at radius 2 is 2.11 bits per heavy atom. The number of hydrogen-bond donors (Lipinski definition) is 0. The number of halogens is 2. The first-order valence-electron chi connectivity index (χ1n) is 5.65. The molecule has 0 N–H and O–H groups in total. The molecular formula is C13H12F2N2O. The van der Waals surface area contributed by atoms with Crippen LogP contribution < -0.4 is 0 Å². The molecule has 5 heteroatoms. The number of nitrogens with zero attached hydrogens (tertiary/aromatic N) is 2. The van der Waals surface area contributed by atoms with Crippen LogP contribution in [0.4, 0.5) is 8.78 Å². The third kappa shape index (κ3) is 2.30. The molecule has 0 spiro atoms. The number of hydrogen-bond acceptors (Lipinski definition) is 2. The van der Waals surface area contributed by atoms with Gasteiger partial charge in [0.05, 0.1) is 5.56 Å². The number of ketones is 1. The van der Waals surface area contributed by atoms with Crippen molar-refractivity contribution in [3.8, 4) is 0 Å². The van der Waals surface area contributed by atoms with Crippen LogP contribution in [0.2, 0.25) is 0 Å². The predicted octanol–water partition coefficient (Wildman–Crippen LogP) is 2.80. The molecule has 0 bridgehead atoms. The van der Waals surface area contributed by atoms with Gasteiger partial charge in [0.2, 0.25) is 5.78 Å². The molecule has 1 aromatic carbocycles. The third-order valence-electron chi connectivity index (χ3n) is 2.56. The number of rotatable bonds is 4. The highest BCUT2D eigenvalue weighted by molar-refractivity contribution is 6.08. The van der Waals surface area contributed by atoms with Crippen molar-refractivity contribution in [3.05, 3.63) is 53.4 Å². The number of benzene rings is 1. The van der Waals surface area contributed by atoms with Gasteiger partial charge < -0.3 is 0 Å². The lowest BCUT2D eigenvalue weighted by molar-refractivity contribution is 0.102. The molecule has 0 atom stereocenters. The smallest absolute Gasteiger partial charge is 0.214 e. The zero-order valence-corrected chi connectivity index (χ0v) is 9.86. The first-order valence-corrected chi connectivity index (χ1v) is 5.65. The Bertz CT molecular complexity index is 578. The summed E-state index contributed by atoms with van der Waals surface area (Å²) in [6.45, 7) is 2.50. The van der Waals surface area contributed by atoms with Crippen LogP contribution in [-0.2, 0) is 6.54 Å². The minimum absolute atomic E-state index is 0.265. The molecule has 0 saturated carbocycles. The Morgan fingerprint density at radius 3 is 2.83 bits per heavy atom. The second kappa shape index (κ2) is 5.08. The molecule has 2 rings (SSSR count).